The number of terminal acetylenes is 1. The molecule has 0 fully saturated rings. The van der Waals surface area contributed by atoms with Crippen molar-refractivity contribution >= 4 is 28.5 Å². The molecule has 0 bridgehead atoms. The molecule has 0 unspecified atom stereocenters. The fourth-order valence-corrected chi connectivity index (χ4v) is 2.11. The number of hydrogen-bond acceptors (Lipinski definition) is 7. The predicted octanol–water partition coefficient (Wildman–Crippen LogP) is 2.19. The van der Waals surface area contributed by atoms with Gasteiger partial charge >= 0.3 is 0 Å². The quantitative estimate of drug-likeness (QED) is 0.485. The van der Waals surface area contributed by atoms with Crippen molar-refractivity contribution in [2.24, 2.45) is 5.10 Å². The second-order valence-electron chi connectivity index (χ2n) is 3.82. The Labute approximate surface area is 126 Å². The maximum atomic E-state index is 5.53. The molecule has 0 aliphatic heterocycles. The van der Waals surface area contributed by atoms with Crippen LogP contribution in [-0.4, -0.2) is 24.9 Å². The van der Waals surface area contributed by atoms with E-state index in [1.165, 1.54) is 11.3 Å². The Kier molecular flexibility index (Phi) is 5.01. The smallest absolute Gasteiger partial charge is 0.205 e. The molecule has 6 nitrogen and oxygen atoms in total. The van der Waals surface area contributed by atoms with Gasteiger partial charge < -0.3 is 15.2 Å². The highest BCUT2D eigenvalue weighted by atomic mass is 32.1. The summed E-state index contributed by atoms with van der Waals surface area (Å²) >= 11 is 1.37. The molecule has 1 aromatic heterocycles. The lowest BCUT2D eigenvalue weighted by atomic mass is 10.2. The van der Waals surface area contributed by atoms with Crippen LogP contribution in [0.3, 0.4) is 0 Å². The number of para-hydroxylation sites is 1. The minimum absolute atomic E-state index is 0.150. The summed E-state index contributed by atoms with van der Waals surface area (Å²) in [5, 5.41) is 6.44. The van der Waals surface area contributed by atoms with Crippen LogP contribution in [0.4, 0.5) is 10.9 Å². The van der Waals surface area contributed by atoms with Crippen molar-refractivity contribution in [3.8, 4) is 23.8 Å². The molecule has 0 amide bonds. The van der Waals surface area contributed by atoms with Crippen LogP contribution >= 0.6 is 11.3 Å². The van der Waals surface area contributed by atoms with E-state index in [9.17, 15) is 0 Å². The molecule has 7 heteroatoms. The Balaban J connectivity index is 2.16. The molecule has 0 saturated heterocycles. The summed E-state index contributed by atoms with van der Waals surface area (Å²) < 4.78 is 10.8. The summed E-state index contributed by atoms with van der Waals surface area (Å²) in [5.41, 5.74) is 9.06. The van der Waals surface area contributed by atoms with E-state index in [-0.39, 0.29) is 6.61 Å². The van der Waals surface area contributed by atoms with Crippen molar-refractivity contribution in [3.05, 3.63) is 29.1 Å². The van der Waals surface area contributed by atoms with Gasteiger partial charge in [-0.1, -0.05) is 12.0 Å². The Bertz CT molecular complexity index is 676. The van der Waals surface area contributed by atoms with Crippen molar-refractivity contribution in [3.63, 3.8) is 0 Å². The van der Waals surface area contributed by atoms with Crippen molar-refractivity contribution in [1.82, 2.24) is 4.98 Å². The first-order valence-corrected chi connectivity index (χ1v) is 6.86. The van der Waals surface area contributed by atoms with E-state index in [1.807, 2.05) is 12.1 Å². The van der Waals surface area contributed by atoms with Crippen molar-refractivity contribution in [2.75, 3.05) is 24.9 Å². The lowest BCUT2D eigenvalue weighted by molar-refractivity contribution is 0.330. The van der Waals surface area contributed by atoms with Crippen LogP contribution in [0.25, 0.3) is 0 Å². The Hall–Kier alpha value is -2.72. The number of nitrogens with one attached hydrogen (secondary N) is 1. The van der Waals surface area contributed by atoms with E-state index in [1.54, 1.807) is 24.8 Å². The van der Waals surface area contributed by atoms with Crippen LogP contribution < -0.4 is 20.6 Å². The third kappa shape index (κ3) is 3.87. The first-order chi connectivity index (χ1) is 10.2. The lowest BCUT2D eigenvalue weighted by Gasteiger charge is -2.10. The van der Waals surface area contributed by atoms with E-state index in [4.69, 9.17) is 21.6 Å². The number of nitrogens with two attached hydrogens (primary N) is 1. The predicted molar refractivity (Wildman–Crippen MR) is 85.1 cm³/mol. The fraction of sp³-hybridized carbons (Fsp3) is 0.143. The number of anilines is 2. The monoisotopic (exact) mass is 302 g/mol. The molecule has 0 atom stereocenters. The zero-order chi connectivity index (χ0) is 15.1. The molecule has 0 aliphatic carbocycles. The average Bonchev–Trinajstić information content (AvgIpc) is 2.91. The van der Waals surface area contributed by atoms with Gasteiger partial charge in [0.05, 0.1) is 13.3 Å². The first-order valence-electron chi connectivity index (χ1n) is 5.98. The van der Waals surface area contributed by atoms with Gasteiger partial charge in [0, 0.05) is 10.9 Å². The molecule has 1 heterocycles. The number of aromatic nitrogens is 1. The van der Waals surface area contributed by atoms with E-state index in [0.717, 1.165) is 5.56 Å². The third-order valence-corrected chi connectivity index (χ3v) is 3.18. The number of methoxy groups -OCH3 is 1. The standard InChI is InChI=1S/C14H14N4O2S/c1-3-7-20-13-10(5-4-6-11(13)19-2)8-16-18-14-17-12(15)9-21-14/h1,4-6,8-9H,7,15H2,2H3,(H,17,18). The number of benzene rings is 1. The number of hydrazone groups is 1. The molecule has 3 N–H and O–H groups in total. The molecular formula is C14H14N4O2S. The van der Waals surface area contributed by atoms with E-state index in [0.29, 0.717) is 22.4 Å². The van der Waals surface area contributed by atoms with Crippen molar-refractivity contribution < 1.29 is 9.47 Å². The number of nitrogens with zero attached hydrogens (tertiary/aromatic N) is 2. The molecule has 0 radical (unpaired) electrons. The van der Waals surface area contributed by atoms with Gasteiger partial charge in [0.25, 0.3) is 0 Å². The molecular weight excluding hydrogens is 288 g/mol. The largest absolute Gasteiger partial charge is 0.493 e. The second-order valence-corrected chi connectivity index (χ2v) is 4.68. The molecule has 2 aromatic rings. The highest BCUT2D eigenvalue weighted by Crippen LogP contribution is 2.30. The van der Waals surface area contributed by atoms with Gasteiger partial charge in [0.2, 0.25) is 5.13 Å². The minimum Gasteiger partial charge on any atom is -0.493 e. The summed E-state index contributed by atoms with van der Waals surface area (Å²) in [6.07, 6.45) is 6.82. The van der Waals surface area contributed by atoms with E-state index < -0.39 is 0 Å². The zero-order valence-electron chi connectivity index (χ0n) is 11.4. The van der Waals surface area contributed by atoms with Crippen molar-refractivity contribution in [2.45, 2.75) is 0 Å². The van der Waals surface area contributed by atoms with Gasteiger partial charge in [-0.25, -0.2) is 4.98 Å². The molecule has 0 aliphatic rings. The van der Waals surface area contributed by atoms with Gasteiger partial charge in [0.1, 0.15) is 12.4 Å². The Morgan fingerprint density at radius 1 is 1.57 bits per heavy atom. The Morgan fingerprint density at radius 2 is 2.43 bits per heavy atom. The van der Waals surface area contributed by atoms with Crippen LogP contribution in [-0.2, 0) is 0 Å². The zero-order valence-corrected chi connectivity index (χ0v) is 12.2. The number of nitrogen functional groups attached to an aromatic ring is 1. The van der Waals surface area contributed by atoms with Gasteiger partial charge in [0.15, 0.2) is 11.5 Å². The Morgan fingerprint density at radius 3 is 3.10 bits per heavy atom. The van der Waals surface area contributed by atoms with Gasteiger partial charge in [-0.3, -0.25) is 5.43 Å². The normalized spacial score (nSPS) is 10.3. The highest BCUT2D eigenvalue weighted by Gasteiger charge is 2.08. The summed E-state index contributed by atoms with van der Waals surface area (Å²) in [6, 6.07) is 5.47. The van der Waals surface area contributed by atoms with Crippen LogP contribution in [0.1, 0.15) is 5.56 Å². The highest BCUT2D eigenvalue weighted by molar-refractivity contribution is 7.14. The topological polar surface area (TPSA) is 81.8 Å². The molecule has 21 heavy (non-hydrogen) atoms. The van der Waals surface area contributed by atoms with Gasteiger partial charge in [-0.05, 0) is 12.1 Å². The lowest BCUT2D eigenvalue weighted by Crippen LogP contribution is -2.01. The fourth-order valence-electron chi connectivity index (χ4n) is 1.56. The SMILES string of the molecule is C#CCOc1c(C=NNc2nc(N)cs2)cccc1OC. The third-order valence-electron chi connectivity index (χ3n) is 2.41. The van der Waals surface area contributed by atoms with Crippen LogP contribution in [0.15, 0.2) is 28.7 Å². The summed E-state index contributed by atoms with van der Waals surface area (Å²) in [4.78, 5) is 4.04. The molecule has 0 saturated carbocycles. The van der Waals surface area contributed by atoms with Crippen molar-refractivity contribution in [1.29, 1.82) is 0 Å². The maximum Gasteiger partial charge on any atom is 0.205 e. The molecule has 1 aromatic carbocycles. The van der Waals surface area contributed by atoms with Crippen LogP contribution in [0, 0.1) is 12.3 Å². The summed E-state index contributed by atoms with van der Waals surface area (Å²) in [7, 11) is 1.57. The van der Waals surface area contributed by atoms with Crippen LogP contribution in [0.2, 0.25) is 0 Å². The minimum atomic E-state index is 0.150. The molecule has 0 spiro atoms. The average molecular weight is 302 g/mol. The van der Waals surface area contributed by atoms with Crippen LogP contribution in [0.5, 0.6) is 11.5 Å². The van der Waals surface area contributed by atoms with Gasteiger partial charge in [-0.15, -0.1) is 17.8 Å². The van der Waals surface area contributed by atoms with E-state index >= 15 is 0 Å². The number of rotatable bonds is 6. The van der Waals surface area contributed by atoms with Gasteiger partial charge in [-0.2, -0.15) is 5.10 Å². The number of thiazole rings is 1. The van der Waals surface area contributed by atoms with E-state index in [2.05, 4.69) is 21.4 Å². The number of ether oxygens (including phenoxy) is 2. The number of hydrogen-bond donors (Lipinski definition) is 2. The maximum absolute atomic E-state index is 5.53. The molecule has 108 valence electrons. The second kappa shape index (κ2) is 7.17. The first kappa shape index (κ1) is 14.7. The molecule has 2 rings (SSSR count). The summed E-state index contributed by atoms with van der Waals surface area (Å²) in [5.74, 6) is 4.01. The summed E-state index contributed by atoms with van der Waals surface area (Å²) in [6.45, 7) is 0.150.